The number of hydrogen-bond donors (Lipinski definition) is 3. The summed E-state index contributed by atoms with van der Waals surface area (Å²) >= 11 is 0.968. The van der Waals surface area contributed by atoms with Gasteiger partial charge in [-0.25, -0.2) is 13.2 Å². The fraction of sp³-hybridized carbons (Fsp3) is 0.417. The number of carbonyl (C=O) groups is 1. The van der Waals surface area contributed by atoms with E-state index in [-0.39, 0.29) is 10.3 Å². The summed E-state index contributed by atoms with van der Waals surface area (Å²) in [4.78, 5) is 10.7. The van der Waals surface area contributed by atoms with Gasteiger partial charge in [0.25, 0.3) is 0 Å². The Labute approximate surface area is 127 Å². The number of hydrogen-bond acceptors (Lipinski definition) is 6. The van der Waals surface area contributed by atoms with Crippen LogP contribution in [0.25, 0.3) is 0 Å². The highest BCUT2D eigenvalue weighted by Gasteiger charge is 2.35. The Hall–Kier alpha value is -1.45. The van der Waals surface area contributed by atoms with Crippen molar-refractivity contribution in [3.05, 3.63) is 24.3 Å². The third-order valence-electron chi connectivity index (χ3n) is 3.17. The average molecular weight is 332 g/mol. The van der Waals surface area contributed by atoms with Crippen molar-refractivity contribution in [1.29, 1.82) is 0 Å². The molecule has 2 rings (SSSR count). The zero-order valence-corrected chi connectivity index (χ0v) is 12.9. The van der Waals surface area contributed by atoms with E-state index in [2.05, 4.69) is 10.0 Å². The van der Waals surface area contributed by atoms with Crippen LogP contribution < -0.4 is 14.8 Å². The van der Waals surface area contributed by atoms with Crippen LogP contribution in [0.15, 0.2) is 29.2 Å². The van der Waals surface area contributed by atoms with Crippen molar-refractivity contribution in [2.45, 2.75) is 21.9 Å². The maximum atomic E-state index is 12.5. The highest BCUT2D eigenvalue weighted by Crippen LogP contribution is 2.27. The number of amides is 1. The Bertz CT molecular complexity index is 603. The van der Waals surface area contributed by atoms with E-state index in [0.29, 0.717) is 18.7 Å². The lowest BCUT2D eigenvalue weighted by atomic mass is 10.3. The van der Waals surface area contributed by atoms with Crippen molar-refractivity contribution >= 4 is 27.9 Å². The number of benzene rings is 1. The minimum Gasteiger partial charge on any atom is -0.497 e. The minimum atomic E-state index is -3.44. The molecule has 1 aromatic rings. The molecular formula is C12H16N2O5S2. The number of carboxylic acid groups (broad SMARTS) is 1. The van der Waals surface area contributed by atoms with E-state index < -0.39 is 21.2 Å². The first kappa shape index (κ1) is 15.9. The first-order valence-corrected chi connectivity index (χ1v) is 8.62. The molecule has 1 amide bonds. The molecule has 3 N–H and O–H groups in total. The predicted octanol–water partition coefficient (Wildman–Crippen LogP) is 1.07. The van der Waals surface area contributed by atoms with Gasteiger partial charge >= 0.3 is 6.09 Å². The van der Waals surface area contributed by atoms with Crippen molar-refractivity contribution in [1.82, 2.24) is 10.0 Å². The van der Waals surface area contributed by atoms with Gasteiger partial charge in [-0.05, 0) is 42.6 Å². The van der Waals surface area contributed by atoms with Crippen LogP contribution >= 0.6 is 11.9 Å². The van der Waals surface area contributed by atoms with E-state index in [1.54, 1.807) is 12.1 Å². The third kappa shape index (κ3) is 3.80. The molecule has 0 aliphatic carbocycles. The molecular weight excluding hydrogens is 316 g/mol. The summed E-state index contributed by atoms with van der Waals surface area (Å²) in [7, 11) is -1.93. The van der Waals surface area contributed by atoms with Gasteiger partial charge in [-0.2, -0.15) is 0 Å². The van der Waals surface area contributed by atoms with Crippen LogP contribution in [-0.2, 0) is 9.84 Å². The molecule has 0 unspecified atom stereocenters. The lowest BCUT2D eigenvalue weighted by Gasteiger charge is -2.11. The SMILES string of the molecule is COc1ccc(S(=O)(=O)[C@@H]2CN[C@H](SNC(=O)O)C2)cc1. The maximum Gasteiger partial charge on any atom is 0.414 e. The molecule has 2 atom stereocenters. The van der Waals surface area contributed by atoms with Gasteiger partial charge in [0.15, 0.2) is 9.84 Å². The lowest BCUT2D eigenvalue weighted by molar-refractivity contribution is 0.202. The molecule has 21 heavy (non-hydrogen) atoms. The molecule has 1 heterocycles. The molecule has 0 spiro atoms. The van der Waals surface area contributed by atoms with Crippen LogP contribution in [0, 0.1) is 0 Å². The Kier molecular flexibility index (Phi) is 4.96. The van der Waals surface area contributed by atoms with Gasteiger partial charge in [-0.1, -0.05) is 0 Å². The van der Waals surface area contributed by atoms with E-state index >= 15 is 0 Å². The fourth-order valence-corrected chi connectivity index (χ4v) is 4.61. The van der Waals surface area contributed by atoms with Gasteiger partial charge < -0.3 is 15.2 Å². The second-order valence-electron chi connectivity index (χ2n) is 4.50. The lowest BCUT2D eigenvalue weighted by Crippen LogP contribution is -2.25. The summed E-state index contributed by atoms with van der Waals surface area (Å²) in [5.41, 5.74) is 0. The smallest absolute Gasteiger partial charge is 0.414 e. The summed E-state index contributed by atoms with van der Waals surface area (Å²) in [5, 5.41) is 10.7. The Morgan fingerprint density at radius 2 is 2.10 bits per heavy atom. The predicted molar refractivity (Wildman–Crippen MR) is 79.1 cm³/mol. The number of nitrogens with one attached hydrogen (secondary N) is 2. The summed E-state index contributed by atoms with van der Waals surface area (Å²) < 4.78 is 32.2. The summed E-state index contributed by atoms with van der Waals surface area (Å²) in [5.74, 6) is 0.595. The van der Waals surface area contributed by atoms with E-state index in [9.17, 15) is 13.2 Å². The van der Waals surface area contributed by atoms with E-state index in [0.717, 1.165) is 11.9 Å². The van der Waals surface area contributed by atoms with Gasteiger partial charge in [0.05, 0.1) is 22.6 Å². The van der Waals surface area contributed by atoms with Gasteiger partial charge in [-0.3, -0.25) is 4.72 Å². The van der Waals surface area contributed by atoms with Gasteiger partial charge in [0.2, 0.25) is 0 Å². The normalized spacial score (nSPS) is 22.0. The molecule has 1 aliphatic rings. The molecule has 7 nitrogen and oxygen atoms in total. The molecule has 0 saturated carbocycles. The summed E-state index contributed by atoms with van der Waals surface area (Å²) in [6.07, 6.45) is -0.803. The molecule has 9 heteroatoms. The van der Waals surface area contributed by atoms with Crippen molar-refractivity contribution in [2.24, 2.45) is 0 Å². The highest BCUT2D eigenvalue weighted by molar-refractivity contribution is 7.98. The second kappa shape index (κ2) is 6.54. The van der Waals surface area contributed by atoms with Crippen LogP contribution in [0.4, 0.5) is 4.79 Å². The van der Waals surface area contributed by atoms with Crippen LogP contribution in [0.5, 0.6) is 5.75 Å². The van der Waals surface area contributed by atoms with Gasteiger partial charge in [0, 0.05) is 6.54 Å². The first-order valence-electron chi connectivity index (χ1n) is 6.19. The summed E-state index contributed by atoms with van der Waals surface area (Å²) in [6, 6.07) is 6.25. The molecule has 1 fully saturated rings. The zero-order chi connectivity index (χ0) is 15.5. The number of sulfone groups is 1. The second-order valence-corrected chi connectivity index (χ2v) is 7.74. The Morgan fingerprint density at radius 3 is 2.67 bits per heavy atom. The van der Waals surface area contributed by atoms with Crippen LogP contribution in [0.3, 0.4) is 0 Å². The van der Waals surface area contributed by atoms with Crippen molar-refractivity contribution in [3.8, 4) is 5.75 Å². The molecule has 0 radical (unpaired) electrons. The van der Waals surface area contributed by atoms with Crippen LogP contribution in [-0.4, -0.2) is 43.9 Å². The number of ether oxygens (including phenoxy) is 1. The third-order valence-corrected chi connectivity index (χ3v) is 6.27. The van der Waals surface area contributed by atoms with E-state index in [4.69, 9.17) is 9.84 Å². The topological polar surface area (TPSA) is 105 Å². The standard InChI is InChI=1S/C12H16N2O5S2/c1-19-8-2-4-9(5-3-8)21(17,18)10-6-11(13-7-10)20-14-12(15)16/h2-5,10-11,13-14H,6-7H2,1H3,(H,15,16)/t10-,11+/m0/s1. The van der Waals surface area contributed by atoms with E-state index in [1.807, 2.05) is 0 Å². The molecule has 116 valence electrons. The minimum absolute atomic E-state index is 0.243. The fourth-order valence-electron chi connectivity index (χ4n) is 2.07. The Morgan fingerprint density at radius 1 is 1.43 bits per heavy atom. The molecule has 0 aromatic heterocycles. The van der Waals surface area contributed by atoms with Gasteiger partial charge in [0.1, 0.15) is 5.75 Å². The van der Waals surface area contributed by atoms with Crippen molar-refractivity contribution < 1.29 is 23.1 Å². The molecule has 1 saturated heterocycles. The number of rotatable bonds is 5. The van der Waals surface area contributed by atoms with Gasteiger partial charge in [-0.15, -0.1) is 0 Å². The average Bonchev–Trinajstić information content (AvgIpc) is 2.95. The maximum absolute atomic E-state index is 12.5. The summed E-state index contributed by atoms with van der Waals surface area (Å²) in [6.45, 7) is 0.299. The highest BCUT2D eigenvalue weighted by atomic mass is 32.2. The van der Waals surface area contributed by atoms with Crippen LogP contribution in [0.2, 0.25) is 0 Å². The molecule has 1 aliphatic heterocycles. The van der Waals surface area contributed by atoms with E-state index in [1.165, 1.54) is 19.2 Å². The molecule has 0 bridgehead atoms. The van der Waals surface area contributed by atoms with Crippen molar-refractivity contribution in [3.63, 3.8) is 0 Å². The number of methoxy groups -OCH3 is 1. The zero-order valence-electron chi connectivity index (χ0n) is 11.3. The van der Waals surface area contributed by atoms with Crippen LogP contribution in [0.1, 0.15) is 6.42 Å². The Balaban J connectivity index is 2.04. The quantitative estimate of drug-likeness (QED) is 0.693. The largest absolute Gasteiger partial charge is 0.497 e. The molecule has 1 aromatic carbocycles. The monoisotopic (exact) mass is 332 g/mol. The first-order chi connectivity index (χ1) is 9.93. The van der Waals surface area contributed by atoms with Crippen molar-refractivity contribution in [2.75, 3.05) is 13.7 Å².